The van der Waals surface area contributed by atoms with E-state index in [1.165, 1.54) is 0 Å². The van der Waals surface area contributed by atoms with Gasteiger partial charge in [0.25, 0.3) is 0 Å². The Morgan fingerprint density at radius 2 is 1.78 bits per heavy atom. The van der Waals surface area contributed by atoms with Gasteiger partial charge in [0.15, 0.2) is 0 Å². The van der Waals surface area contributed by atoms with Crippen LogP contribution in [0.3, 0.4) is 0 Å². The molecule has 0 fully saturated rings. The number of carboxylic acids is 1. The van der Waals surface area contributed by atoms with E-state index in [-0.39, 0.29) is 6.42 Å². The zero-order valence-electron chi connectivity index (χ0n) is 10.7. The van der Waals surface area contributed by atoms with Crippen LogP contribution >= 0.6 is 0 Å². The van der Waals surface area contributed by atoms with Gasteiger partial charge in [0.05, 0.1) is 6.42 Å². The summed E-state index contributed by atoms with van der Waals surface area (Å²) >= 11 is 0. The van der Waals surface area contributed by atoms with E-state index < -0.39 is 16.8 Å². The molecule has 18 heavy (non-hydrogen) atoms. The van der Waals surface area contributed by atoms with Crippen molar-refractivity contribution in [3.05, 3.63) is 35.4 Å². The van der Waals surface area contributed by atoms with Crippen LogP contribution in [-0.4, -0.2) is 21.0 Å². The van der Waals surface area contributed by atoms with Gasteiger partial charge >= 0.3 is 5.97 Å². The third-order valence-electron chi connectivity index (χ3n) is 2.68. The summed E-state index contributed by atoms with van der Waals surface area (Å²) in [5.41, 5.74) is 1.79. The number of hydrogen-bond donors (Lipinski definition) is 1. The molecular formula is C14H20O3S. The summed E-state index contributed by atoms with van der Waals surface area (Å²) in [6.45, 7) is 2.13. The second kappa shape index (κ2) is 8.03. The minimum absolute atomic E-state index is 0.0415. The van der Waals surface area contributed by atoms with Crippen molar-refractivity contribution in [1.29, 1.82) is 0 Å². The van der Waals surface area contributed by atoms with E-state index in [2.05, 4.69) is 6.92 Å². The van der Waals surface area contributed by atoms with Crippen LogP contribution in [0.1, 0.15) is 37.3 Å². The van der Waals surface area contributed by atoms with Crippen molar-refractivity contribution < 1.29 is 14.1 Å². The quantitative estimate of drug-likeness (QED) is 0.738. The van der Waals surface area contributed by atoms with Crippen LogP contribution in [0.25, 0.3) is 0 Å². The molecular weight excluding hydrogens is 248 g/mol. The molecule has 1 rings (SSSR count). The molecule has 0 heterocycles. The SMILES string of the molecule is CCCCCS(=O)Cc1ccc(CC(=O)O)cc1. The molecule has 1 unspecified atom stereocenters. The summed E-state index contributed by atoms with van der Waals surface area (Å²) in [5, 5.41) is 8.65. The molecule has 0 bridgehead atoms. The van der Waals surface area contributed by atoms with Gasteiger partial charge < -0.3 is 5.11 Å². The Labute approximate surface area is 111 Å². The van der Waals surface area contributed by atoms with Gasteiger partial charge in [0.2, 0.25) is 0 Å². The highest BCUT2D eigenvalue weighted by molar-refractivity contribution is 7.84. The van der Waals surface area contributed by atoms with Crippen LogP contribution in [0.4, 0.5) is 0 Å². The maximum Gasteiger partial charge on any atom is 0.307 e. The highest BCUT2D eigenvalue weighted by Gasteiger charge is 2.03. The van der Waals surface area contributed by atoms with E-state index in [9.17, 15) is 9.00 Å². The number of aliphatic carboxylic acids is 1. The minimum atomic E-state index is -0.828. The molecule has 0 saturated carbocycles. The Morgan fingerprint density at radius 1 is 1.17 bits per heavy atom. The van der Waals surface area contributed by atoms with E-state index in [0.29, 0.717) is 5.75 Å². The first-order chi connectivity index (χ1) is 8.61. The Kier molecular flexibility index (Phi) is 6.65. The smallest absolute Gasteiger partial charge is 0.307 e. The second-order valence-electron chi connectivity index (χ2n) is 4.38. The molecule has 1 N–H and O–H groups in total. The average molecular weight is 268 g/mol. The van der Waals surface area contributed by atoms with Gasteiger partial charge in [-0.3, -0.25) is 9.00 Å². The third kappa shape index (κ3) is 5.96. The topological polar surface area (TPSA) is 54.4 Å². The predicted molar refractivity (Wildman–Crippen MR) is 74.0 cm³/mol. The minimum Gasteiger partial charge on any atom is -0.481 e. The lowest BCUT2D eigenvalue weighted by molar-refractivity contribution is -0.136. The van der Waals surface area contributed by atoms with Crippen LogP contribution in [-0.2, 0) is 27.8 Å². The summed E-state index contributed by atoms with van der Waals surface area (Å²) in [6, 6.07) is 7.34. The highest BCUT2D eigenvalue weighted by Crippen LogP contribution is 2.09. The normalized spacial score (nSPS) is 12.3. The fourth-order valence-electron chi connectivity index (χ4n) is 1.70. The van der Waals surface area contributed by atoms with Crippen molar-refractivity contribution in [3.63, 3.8) is 0 Å². The summed E-state index contributed by atoms with van der Waals surface area (Å²) in [6.07, 6.45) is 3.32. The van der Waals surface area contributed by atoms with Gasteiger partial charge in [-0.25, -0.2) is 0 Å². The molecule has 1 atom stereocenters. The standard InChI is InChI=1S/C14H20O3S/c1-2-3-4-9-18(17)11-13-7-5-12(6-8-13)10-14(15)16/h5-8H,2-4,9-11H2,1H3,(H,15,16). The molecule has 0 aliphatic heterocycles. The maximum absolute atomic E-state index is 11.8. The summed E-state index contributed by atoms with van der Waals surface area (Å²) in [7, 11) is -0.806. The van der Waals surface area contributed by atoms with Crippen LogP contribution in [0.2, 0.25) is 0 Å². The lowest BCUT2D eigenvalue weighted by Crippen LogP contribution is -2.02. The Morgan fingerprint density at radius 3 is 2.33 bits per heavy atom. The molecule has 0 radical (unpaired) electrons. The molecule has 1 aromatic carbocycles. The summed E-state index contributed by atoms with van der Waals surface area (Å²) in [4.78, 5) is 10.5. The van der Waals surface area contributed by atoms with E-state index in [1.54, 1.807) is 12.1 Å². The zero-order valence-corrected chi connectivity index (χ0v) is 11.5. The van der Waals surface area contributed by atoms with E-state index in [4.69, 9.17) is 5.11 Å². The van der Waals surface area contributed by atoms with Gasteiger partial charge in [-0.1, -0.05) is 44.0 Å². The fourth-order valence-corrected chi connectivity index (χ4v) is 2.93. The first-order valence-electron chi connectivity index (χ1n) is 6.26. The van der Waals surface area contributed by atoms with Gasteiger partial charge in [0, 0.05) is 22.3 Å². The lowest BCUT2D eigenvalue weighted by atomic mass is 10.1. The average Bonchev–Trinajstić information content (AvgIpc) is 2.31. The van der Waals surface area contributed by atoms with Crippen LogP contribution in [0, 0.1) is 0 Å². The molecule has 0 saturated heterocycles. The molecule has 0 aromatic heterocycles. The number of unbranched alkanes of at least 4 members (excludes halogenated alkanes) is 2. The molecule has 0 aliphatic rings. The monoisotopic (exact) mass is 268 g/mol. The van der Waals surface area contributed by atoms with Crippen molar-refractivity contribution in [2.75, 3.05) is 5.75 Å². The van der Waals surface area contributed by atoms with Gasteiger partial charge in [0.1, 0.15) is 0 Å². The number of hydrogen-bond acceptors (Lipinski definition) is 2. The largest absolute Gasteiger partial charge is 0.481 e. The number of carbonyl (C=O) groups is 1. The second-order valence-corrected chi connectivity index (χ2v) is 5.96. The third-order valence-corrected chi connectivity index (χ3v) is 4.08. The van der Waals surface area contributed by atoms with Crippen LogP contribution in [0.15, 0.2) is 24.3 Å². The molecule has 0 amide bonds. The first-order valence-corrected chi connectivity index (χ1v) is 7.75. The predicted octanol–water partition coefficient (Wildman–Crippen LogP) is 2.75. The van der Waals surface area contributed by atoms with Crippen molar-refractivity contribution in [1.82, 2.24) is 0 Å². The zero-order chi connectivity index (χ0) is 13.4. The van der Waals surface area contributed by atoms with Gasteiger partial charge in [-0.15, -0.1) is 0 Å². The van der Waals surface area contributed by atoms with E-state index in [1.807, 2.05) is 12.1 Å². The van der Waals surface area contributed by atoms with Gasteiger partial charge in [-0.2, -0.15) is 0 Å². The van der Waals surface area contributed by atoms with Crippen molar-refractivity contribution >= 4 is 16.8 Å². The maximum atomic E-state index is 11.8. The van der Waals surface area contributed by atoms with Gasteiger partial charge in [-0.05, 0) is 17.5 Å². The molecule has 0 spiro atoms. The van der Waals surface area contributed by atoms with Crippen molar-refractivity contribution in [3.8, 4) is 0 Å². The first kappa shape index (κ1) is 14.9. The lowest BCUT2D eigenvalue weighted by Gasteiger charge is -2.03. The Balaban J connectivity index is 2.43. The highest BCUT2D eigenvalue weighted by atomic mass is 32.2. The number of benzene rings is 1. The molecule has 3 nitrogen and oxygen atoms in total. The summed E-state index contributed by atoms with van der Waals surface area (Å²) < 4.78 is 11.8. The molecule has 1 aromatic rings. The van der Waals surface area contributed by atoms with Crippen molar-refractivity contribution in [2.24, 2.45) is 0 Å². The van der Waals surface area contributed by atoms with Crippen molar-refractivity contribution in [2.45, 2.75) is 38.4 Å². The fraction of sp³-hybridized carbons (Fsp3) is 0.500. The van der Waals surface area contributed by atoms with Crippen LogP contribution < -0.4 is 0 Å². The number of rotatable bonds is 8. The van der Waals surface area contributed by atoms with Crippen LogP contribution in [0.5, 0.6) is 0 Å². The Hall–Kier alpha value is -1.16. The van der Waals surface area contributed by atoms with E-state index >= 15 is 0 Å². The molecule has 4 heteroatoms. The van der Waals surface area contributed by atoms with E-state index in [0.717, 1.165) is 36.1 Å². The molecule has 0 aliphatic carbocycles. The Bertz CT molecular complexity index is 398. The summed E-state index contributed by atoms with van der Waals surface area (Å²) in [5.74, 6) is 0.493. The number of carboxylic acid groups (broad SMARTS) is 1. The molecule has 100 valence electrons.